The molecule has 5 nitrogen and oxygen atoms in total. The maximum absolute atomic E-state index is 11.9. The lowest BCUT2D eigenvalue weighted by Gasteiger charge is -2.33. The number of hydrogen-bond donors (Lipinski definition) is 3. The summed E-state index contributed by atoms with van der Waals surface area (Å²) in [5.74, 6) is 0.542. The van der Waals surface area contributed by atoms with Crippen LogP contribution >= 0.6 is 0 Å². The van der Waals surface area contributed by atoms with Gasteiger partial charge in [0.05, 0.1) is 12.1 Å². The first-order chi connectivity index (χ1) is 9.87. The highest BCUT2D eigenvalue weighted by molar-refractivity contribution is 5.85. The second kappa shape index (κ2) is 8.37. The molecule has 1 atom stereocenters. The molecule has 0 spiro atoms. The van der Waals surface area contributed by atoms with Crippen LogP contribution in [0.1, 0.15) is 59.3 Å². The third-order valence-electron chi connectivity index (χ3n) is 4.77. The quantitative estimate of drug-likeness (QED) is 0.667. The lowest BCUT2D eigenvalue weighted by Crippen LogP contribution is -2.56. The molecule has 21 heavy (non-hydrogen) atoms. The Balaban J connectivity index is 2.30. The molecule has 0 bridgehead atoms. The van der Waals surface area contributed by atoms with E-state index in [9.17, 15) is 9.59 Å². The molecule has 1 saturated carbocycles. The summed E-state index contributed by atoms with van der Waals surface area (Å²) in [4.78, 5) is 23.8. The summed E-state index contributed by atoms with van der Waals surface area (Å²) in [5, 5.41) is 5.65. The summed E-state index contributed by atoms with van der Waals surface area (Å²) < 4.78 is 0. The predicted molar refractivity (Wildman–Crippen MR) is 84.6 cm³/mol. The van der Waals surface area contributed by atoms with E-state index in [0.29, 0.717) is 18.9 Å². The van der Waals surface area contributed by atoms with Crippen molar-refractivity contribution in [3.63, 3.8) is 0 Å². The molecule has 0 radical (unpaired) electrons. The van der Waals surface area contributed by atoms with E-state index < -0.39 is 5.54 Å². The second-order valence-corrected chi connectivity index (χ2v) is 6.81. The molecular weight excluding hydrogens is 266 g/mol. The number of nitrogens with two attached hydrogens (primary N) is 1. The average molecular weight is 297 g/mol. The van der Waals surface area contributed by atoms with E-state index in [2.05, 4.69) is 10.6 Å². The fourth-order valence-electron chi connectivity index (χ4n) is 2.70. The first-order valence-corrected chi connectivity index (χ1v) is 8.15. The van der Waals surface area contributed by atoms with Crippen LogP contribution < -0.4 is 16.4 Å². The highest BCUT2D eigenvalue weighted by atomic mass is 16.2. The number of hydrogen-bond acceptors (Lipinski definition) is 3. The SMILES string of the molecule is CC(C)C(C)(CN)NC(=O)CNC(=O)CC1CCCCC1. The highest BCUT2D eigenvalue weighted by Gasteiger charge is 2.28. The van der Waals surface area contributed by atoms with Gasteiger partial charge in [0.15, 0.2) is 0 Å². The monoisotopic (exact) mass is 297 g/mol. The molecule has 0 aromatic carbocycles. The van der Waals surface area contributed by atoms with Crippen molar-refractivity contribution in [2.24, 2.45) is 17.6 Å². The Labute approximate surface area is 128 Å². The standard InChI is InChI=1S/C16H31N3O2/c1-12(2)16(3,11-17)19-15(21)10-18-14(20)9-13-7-5-4-6-8-13/h12-13H,4-11,17H2,1-3H3,(H,18,20)(H,19,21). The molecule has 5 heteroatoms. The Bertz CT molecular complexity index is 351. The van der Waals surface area contributed by atoms with Gasteiger partial charge in [-0.25, -0.2) is 0 Å². The van der Waals surface area contributed by atoms with Crippen molar-refractivity contribution >= 4 is 11.8 Å². The molecule has 4 N–H and O–H groups in total. The second-order valence-electron chi connectivity index (χ2n) is 6.81. The molecule has 1 aliphatic carbocycles. The van der Waals surface area contributed by atoms with Gasteiger partial charge >= 0.3 is 0 Å². The minimum atomic E-state index is -0.425. The van der Waals surface area contributed by atoms with Crippen molar-refractivity contribution in [3.8, 4) is 0 Å². The van der Waals surface area contributed by atoms with Crippen molar-refractivity contribution in [2.75, 3.05) is 13.1 Å². The fraction of sp³-hybridized carbons (Fsp3) is 0.875. The van der Waals surface area contributed by atoms with Crippen molar-refractivity contribution in [3.05, 3.63) is 0 Å². The Morgan fingerprint density at radius 1 is 1.19 bits per heavy atom. The highest BCUT2D eigenvalue weighted by Crippen LogP contribution is 2.25. The molecule has 122 valence electrons. The molecule has 1 unspecified atom stereocenters. The summed E-state index contributed by atoms with van der Waals surface area (Å²) in [6.45, 7) is 6.39. The van der Waals surface area contributed by atoms with E-state index in [4.69, 9.17) is 5.73 Å². The van der Waals surface area contributed by atoms with Crippen LogP contribution in [0, 0.1) is 11.8 Å². The molecule has 0 heterocycles. The molecule has 1 rings (SSSR count). The van der Waals surface area contributed by atoms with E-state index in [1.54, 1.807) is 0 Å². The summed E-state index contributed by atoms with van der Waals surface area (Å²) in [6.07, 6.45) is 6.55. The van der Waals surface area contributed by atoms with Gasteiger partial charge in [0, 0.05) is 13.0 Å². The zero-order valence-electron chi connectivity index (χ0n) is 13.7. The molecule has 0 aromatic rings. The molecule has 0 saturated heterocycles. The lowest BCUT2D eigenvalue weighted by molar-refractivity contribution is -0.127. The van der Waals surface area contributed by atoms with Crippen LogP contribution in [0.3, 0.4) is 0 Å². The van der Waals surface area contributed by atoms with E-state index in [-0.39, 0.29) is 24.3 Å². The minimum absolute atomic E-state index is 0.0175. The maximum Gasteiger partial charge on any atom is 0.239 e. The number of carbonyl (C=O) groups excluding carboxylic acids is 2. The van der Waals surface area contributed by atoms with E-state index in [0.717, 1.165) is 12.8 Å². The van der Waals surface area contributed by atoms with Crippen LogP contribution in [-0.4, -0.2) is 30.4 Å². The first kappa shape index (κ1) is 18.0. The van der Waals surface area contributed by atoms with Crippen molar-refractivity contribution in [1.82, 2.24) is 10.6 Å². The van der Waals surface area contributed by atoms with Crippen LogP contribution in [0.4, 0.5) is 0 Å². The van der Waals surface area contributed by atoms with Crippen LogP contribution in [0.5, 0.6) is 0 Å². The van der Waals surface area contributed by atoms with Crippen LogP contribution in [0.2, 0.25) is 0 Å². The summed E-state index contributed by atoms with van der Waals surface area (Å²) in [5.41, 5.74) is 5.31. The van der Waals surface area contributed by atoms with Gasteiger partial charge in [-0.3, -0.25) is 9.59 Å². The van der Waals surface area contributed by atoms with Gasteiger partial charge in [-0.1, -0.05) is 33.1 Å². The number of nitrogens with one attached hydrogen (secondary N) is 2. The zero-order valence-corrected chi connectivity index (χ0v) is 13.7. The van der Waals surface area contributed by atoms with Crippen LogP contribution in [0.25, 0.3) is 0 Å². The van der Waals surface area contributed by atoms with Gasteiger partial charge in [0.25, 0.3) is 0 Å². The predicted octanol–water partition coefficient (Wildman–Crippen LogP) is 1.56. The maximum atomic E-state index is 11.9. The third kappa shape index (κ3) is 6.04. The summed E-state index contributed by atoms with van der Waals surface area (Å²) in [7, 11) is 0. The lowest BCUT2D eigenvalue weighted by atomic mass is 9.87. The molecule has 0 aromatic heterocycles. The molecule has 2 amide bonds. The smallest absolute Gasteiger partial charge is 0.239 e. The van der Waals surface area contributed by atoms with Crippen LogP contribution in [-0.2, 0) is 9.59 Å². The van der Waals surface area contributed by atoms with E-state index in [1.807, 2.05) is 20.8 Å². The Kier molecular flexibility index (Phi) is 7.15. The zero-order chi connectivity index (χ0) is 15.9. The Morgan fingerprint density at radius 3 is 2.33 bits per heavy atom. The molecule has 1 fully saturated rings. The van der Waals surface area contributed by atoms with Crippen molar-refractivity contribution in [1.29, 1.82) is 0 Å². The number of rotatable bonds is 7. The molecule has 0 aliphatic heterocycles. The van der Waals surface area contributed by atoms with E-state index >= 15 is 0 Å². The molecule has 1 aliphatic rings. The van der Waals surface area contributed by atoms with Crippen molar-refractivity contribution in [2.45, 2.75) is 64.8 Å². The van der Waals surface area contributed by atoms with Gasteiger partial charge in [0.1, 0.15) is 0 Å². The van der Waals surface area contributed by atoms with Gasteiger partial charge < -0.3 is 16.4 Å². The Hall–Kier alpha value is -1.10. The summed E-state index contributed by atoms with van der Waals surface area (Å²) in [6, 6.07) is 0. The van der Waals surface area contributed by atoms with Gasteiger partial charge in [-0.2, -0.15) is 0 Å². The number of amides is 2. The fourth-order valence-corrected chi connectivity index (χ4v) is 2.70. The third-order valence-corrected chi connectivity index (χ3v) is 4.77. The Morgan fingerprint density at radius 2 is 1.81 bits per heavy atom. The number of carbonyl (C=O) groups is 2. The van der Waals surface area contributed by atoms with Crippen LogP contribution in [0.15, 0.2) is 0 Å². The van der Waals surface area contributed by atoms with Gasteiger partial charge in [-0.05, 0) is 31.6 Å². The van der Waals surface area contributed by atoms with Crippen molar-refractivity contribution < 1.29 is 9.59 Å². The first-order valence-electron chi connectivity index (χ1n) is 8.15. The van der Waals surface area contributed by atoms with Gasteiger partial charge in [0.2, 0.25) is 11.8 Å². The summed E-state index contributed by atoms with van der Waals surface area (Å²) >= 11 is 0. The largest absolute Gasteiger partial charge is 0.348 e. The normalized spacial score (nSPS) is 19.1. The molecular formula is C16H31N3O2. The average Bonchev–Trinajstić information content (AvgIpc) is 2.46. The minimum Gasteiger partial charge on any atom is -0.348 e. The van der Waals surface area contributed by atoms with E-state index in [1.165, 1.54) is 19.3 Å². The topological polar surface area (TPSA) is 84.2 Å². The van der Waals surface area contributed by atoms with Gasteiger partial charge in [-0.15, -0.1) is 0 Å².